The molecule has 0 saturated carbocycles. The molecule has 2 N–H and O–H groups in total. The standard InChI is InChI=1S/C15H22N2S/c1-2-13-5-9-17(10-6-13)12-15-14(4-3-8-16)7-11-18-15/h7,11,13H,2,5-6,8-10,12,16H2,1H3. The molecule has 0 spiro atoms. The monoisotopic (exact) mass is 262 g/mol. The van der Waals surface area contributed by atoms with Crippen LogP contribution in [0.3, 0.4) is 0 Å². The third-order valence-electron chi connectivity index (χ3n) is 3.72. The summed E-state index contributed by atoms with van der Waals surface area (Å²) in [6, 6.07) is 2.11. The summed E-state index contributed by atoms with van der Waals surface area (Å²) >= 11 is 1.82. The Kier molecular flexibility index (Phi) is 5.25. The van der Waals surface area contributed by atoms with Gasteiger partial charge in [0.05, 0.1) is 6.54 Å². The maximum Gasteiger partial charge on any atom is 0.0555 e. The zero-order chi connectivity index (χ0) is 12.8. The third kappa shape index (κ3) is 3.58. The lowest BCUT2D eigenvalue weighted by molar-refractivity contribution is 0.176. The second-order valence-corrected chi connectivity index (χ2v) is 5.89. The summed E-state index contributed by atoms with van der Waals surface area (Å²) in [5, 5.41) is 2.13. The summed E-state index contributed by atoms with van der Waals surface area (Å²) < 4.78 is 0. The Balaban J connectivity index is 1.92. The van der Waals surface area contributed by atoms with Gasteiger partial charge in [0, 0.05) is 17.0 Å². The molecule has 1 saturated heterocycles. The van der Waals surface area contributed by atoms with Crippen molar-refractivity contribution in [1.29, 1.82) is 0 Å². The van der Waals surface area contributed by atoms with Crippen molar-refractivity contribution in [2.45, 2.75) is 32.7 Å². The predicted molar refractivity (Wildman–Crippen MR) is 78.5 cm³/mol. The average molecular weight is 262 g/mol. The van der Waals surface area contributed by atoms with Crippen LogP contribution in [0.1, 0.15) is 36.6 Å². The van der Waals surface area contributed by atoms with Crippen molar-refractivity contribution in [3.8, 4) is 11.8 Å². The maximum absolute atomic E-state index is 5.43. The lowest BCUT2D eigenvalue weighted by Crippen LogP contribution is -2.32. The summed E-state index contributed by atoms with van der Waals surface area (Å²) in [6.45, 7) is 6.28. The first kappa shape index (κ1) is 13.6. The molecule has 0 amide bonds. The highest BCUT2D eigenvalue weighted by Crippen LogP contribution is 2.24. The molecule has 0 atom stereocenters. The highest BCUT2D eigenvalue weighted by Gasteiger charge is 2.18. The van der Waals surface area contributed by atoms with E-state index in [1.54, 1.807) is 0 Å². The van der Waals surface area contributed by atoms with Crippen LogP contribution >= 0.6 is 11.3 Å². The Morgan fingerprint density at radius 3 is 2.89 bits per heavy atom. The fourth-order valence-electron chi connectivity index (χ4n) is 2.48. The van der Waals surface area contributed by atoms with Gasteiger partial charge in [-0.2, -0.15) is 0 Å². The zero-order valence-corrected chi connectivity index (χ0v) is 11.9. The molecule has 3 heteroatoms. The Hall–Kier alpha value is -0.820. The number of thiophene rings is 1. The molecule has 1 fully saturated rings. The average Bonchev–Trinajstić information content (AvgIpc) is 2.84. The highest BCUT2D eigenvalue weighted by molar-refractivity contribution is 7.10. The highest BCUT2D eigenvalue weighted by atomic mass is 32.1. The van der Waals surface area contributed by atoms with E-state index in [2.05, 4.69) is 35.1 Å². The smallest absolute Gasteiger partial charge is 0.0555 e. The van der Waals surface area contributed by atoms with Gasteiger partial charge in [-0.3, -0.25) is 4.90 Å². The molecular weight excluding hydrogens is 240 g/mol. The molecule has 2 rings (SSSR count). The Bertz CT molecular complexity index is 419. The topological polar surface area (TPSA) is 29.3 Å². The third-order valence-corrected chi connectivity index (χ3v) is 4.63. The van der Waals surface area contributed by atoms with E-state index in [9.17, 15) is 0 Å². The fraction of sp³-hybridized carbons (Fsp3) is 0.600. The van der Waals surface area contributed by atoms with E-state index in [-0.39, 0.29) is 0 Å². The molecule has 0 unspecified atom stereocenters. The van der Waals surface area contributed by atoms with Gasteiger partial charge in [-0.05, 0) is 43.3 Å². The van der Waals surface area contributed by atoms with Crippen LogP contribution in [0.25, 0.3) is 0 Å². The lowest BCUT2D eigenvalue weighted by atomic mass is 9.94. The summed E-state index contributed by atoms with van der Waals surface area (Å²) in [5.41, 5.74) is 6.60. The predicted octanol–water partition coefficient (Wildman–Crippen LogP) is 2.68. The van der Waals surface area contributed by atoms with Crippen LogP contribution < -0.4 is 5.73 Å². The van der Waals surface area contributed by atoms with E-state index >= 15 is 0 Å². The number of piperidine rings is 1. The number of nitrogens with zero attached hydrogens (tertiary/aromatic N) is 1. The lowest BCUT2D eigenvalue weighted by Gasteiger charge is -2.31. The van der Waals surface area contributed by atoms with Crippen LogP contribution in [-0.4, -0.2) is 24.5 Å². The minimum absolute atomic E-state index is 0.442. The van der Waals surface area contributed by atoms with Crippen LogP contribution in [0.2, 0.25) is 0 Å². The van der Waals surface area contributed by atoms with Crippen LogP contribution in [0.15, 0.2) is 11.4 Å². The first-order valence-corrected chi connectivity index (χ1v) is 7.69. The van der Waals surface area contributed by atoms with Crippen LogP contribution in [0, 0.1) is 17.8 Å². The van der Waals surface area contributed by atoms with Crippen molar-refractivity contribution < 1.29 is 0 Å². The second kappa shape index (κ2) is 6.94. The molecule has 1 aromatic rings. The van der Waals surface area contributed by atoms with Gasteiger partial charge < -0.3 is 5.73 Å². The minimum Gasteiger partial charge on any atom is -0.320 e. The minimum atomic E-state index is 0.442. The number of likely N-dealkylation sites (tertiary alicyclic amines) is 1. The first-order chi connectivity index (χ1) is 8.83. The van der Waals surface area contributed by atoms with Crippen molar-refractivity contribution in [1.82, 2.24) is 4.90 Å². The van der Waals surface area contributed by atoms with E-state index in [0.717, 1.165) is 12.5 Å². The molecule has 98 valence electrons. The second-order valence-electron chi connectivity index (χ2n) is 4.89. The molecule has 1 aromatic heterocycles. The van der Waals surface area contributed by atoms with E-state index in [1.165, 1.54) is 42.8 Å². The normalized spacial score (nSPS) is 17.4. The Morgan fingerprint density at radius 1 is 1.44 bits per heavy atom. The van der Waals surface area contributed by atoms with Gasteiger partial charge in [0.2, 0.25) is 0 Å². The van der Waals surface area contributed by atoms with Gasteiger partial charge in [-0.25, -0.2) is 0 Å². The van der Waals surface area contributed by atoms with Gasteiger partial charge in [0.25, 0.3) is 0 Å². The molecule has 2 nitrogen and oxygen atoms in total. The Labute approximate surface area is 114 Å². The first-order valence-electron chi connectivity index (χ1n) is 6.81. The summed E-state index contributed by atoms with van der Waals surface area (Å²) in [4.78, 5) is 3.96. The molecule has 0 aliphatic carbocycles. The molecule has 1 aliphatic heterocycles. The van der Waals surface area contributed by atoms with Crippen molar-refractivity contribution in [3.63, 3.8) is 0 Å². The van der Waals surface area contributed by atoms with Crippen molar-refractivity contribution >= 4 is 11.3 Å². The number of hydrogen-bond acceptors (Lipinski definition) is 3. The van der Waals surface area contributed by atoms with Crippen LogP contribution in [-0.2, 0) is 6.54 Å². The molecule has 0 radical (unpaired) electrons. The fourth-order valence-corrected chi connectivity index (χ4v) is 3.35. The SMILES string of the molecule is CCC1CCN(Cc2sccc2C#CCN)CC1. The number of rotatable bonds is 3. The van der Waals surface area contributed by atoms with E-state index in [4.69, 9.17) is 5.73 Å². The van der Waals surface area contributed by atoms with E-state index in [1.807, 2.05) is 11.3 Å². The van der Waals surface area contributed by atoms with Crippen LogP contribution in [0.5, 0.6) is 0 Å². The summed E-state index contributed by atoms with van der Waals surface area (Å²) in [5.74, 6) is 7.07. The summed E-state index contributed by atoms with van der Waals surface area (Å²) in [6.07, 6.45) is 4.04. The van der Waals surface area contributed by atoms with E-state index in [0.29, 0.717) is 6.54 Å². The van der Waals surface area contributed by atoms with Crippen molar-refractivity contribution in [2.75, 3.05) is 19.6 Å². The molecule has 2 heterocycles. The quantitative estimate of drug-likeness (QED) is 0.849. The maximum atomic E-state index is 5.43. The van der Waals surface area contributed by atoms with Crippen LogP contribution in [0.4, 0.5) is 0 Å². The van der Waals surface area contributed by atoms with Gasteiger partial charge in [0.1, 0.15) is 0 Å². The zero-order valence-electron chi connectivity index (χ0n) is 11.1. The molecule has 1 aliphatic rings. The molecule has 18 heavy (non-hydrogen) atoms. The Morgan fingerprint density at radius 2 is 2.22 bits per heavy atom. The van der Waals surface area contributed by atoms with Gasteiger partial charge in [0.15, 0.2) is 0 Å². The van der Waals surface area contributed by atoms with Crippen molar-refractivity contribution in [3.05, 3.63) is 21.9 Å². The number of nitrogens with two attached hydrogens (primary N) is 1. The number of hydrogen-bond donors (Lipinski definition) is 1. The molecule has 0 bridgehead atoms. The molecule has 0 aromatic carbocycles. The van der Waals surface area contributed by atoms with Gasteiger partial charge in [-0.15, -0.1) is 11.3 Å². The van der Waals surface area contributed by atoms with E-state index < -0.39 is 0 Å². The summed E-state index contributed by atoms with van der Waals surface area (Å²) in [7, 11) is 0. The largest absolute Gasteiger partial charge is 0.320 e. The van der Waals surface area contributed by atoms with Gasteiger partial charge in [-0.1, -0.05) is 25.2 Å². The van der Waals surface area contributed by atoms with Gasteiger partial charge >= 0.3 is 0 Å². The molecular formula is C15H22N2S. The van der Waals surface area contributed by atoms with Crippen molar-refractivity contribution in [2.24, 2.45) is 11.7 Å².